The zero-order valence-corrected chi connectivity index (χ0v) is 19.1. The Morgan fingerprint density at radius 3 is 2.52 bits per heavy atom. The third-order valence-corrected chi connectivity index (χ3v) is 6.35. The second kappa shape index (κ2) is 10.0. The minimum absolute atomic E-state index is 0.0867. The number of amides is 1. The fourth-order valence-corrected chi connectivity index (χ4v) is 4.46. The molecule has 0 radical (unpaired) electrons. The maximum absolute atomic E-state index is 12.4. The number of carbonyl (C=O) groups is 1. The number of nitrogens with one attached hydrogen (secondary N) is 1. The first-order valence-corrected chi connectivity index (χ1v) is 11.1. The van der Waals surface area contributed by atoms with Gasteiger partial charge in [0.15, 0.2) is 5.16 Å². The van der Waals surface area contributed by atoms with Crippen LogP contribution in [-0.2, 0) is 23.5 Å². The summed E-state index contributed by atoms with van der Waals surface area (Å²) in [6.45, 7) is 2.61. The Labute approximate surface area is 192 Å². The number of hydrogen-bond acceptors (Lipinski definition) is 4. The molecule has 3 aromatic rings. The fraction of sp³-hybridized carbons (Fsp3) is 0.211. The number of nitrogens with zero attached hydrogens (tertiary/aromatic N) is 3. The Morgan fingerprint density at radius 1 is 1.03 bits per heavy atom. The van der Waals surface area contributed by atoms with Gasteiger partial charge in [-0.2, -0.15) is 0 Å². The smallest absolute Gasteiger partial charge is 0.232 e. The monoisotopic (exact) mass is 488 g/mol. The summed E-state index contributed by atoms with van der Waals surface area (Å²) in [6.07, 6.45) is 0.0867. The highest BCUT2D eigenvalue weighted by molar-refractivity contribution is 7.98. The van der Waals surface area contributed by atoms with E-state index in [0.29, 0.717) is 43.9 Å². The van der Waals surface area contributed by atoms with Crippen molar-refractivity contribution in [2.45, 2.75) is 30.8 Å². The standard InChI is InChI=1S/C19H16Cl4N4OS/c1-2-27-17(9-18(28)24-13-5-6-14(21)16(23)8-13)25-26-19(27)29-10-11-3-4-12(20)7-15(11)22/h3-8H,2,9-10H2,1H3,(H,24,28). The van der Waals surface area contributed by atoms with Gasteiger partial charge in [0.05, 0.1) is 16.5 Å². The normalized spacial score (nSPS) is 10.9. The molecule has 2 aromatic carbocycles. The molecule has 0 atom stereocenters. The van der Waals surface area contributed by atoms with Gasteiger partial charge in [-0.25, -0.2) is 0 Å². The summed E-state index contributed by atoms with van der Waals surface area (Å²) in [6, 6.07) is 10.3. The van der Waals surface area contributed by atoms with Gasteiger partial charge in [0.25, 0.3) is 0 Å². The first-order valence-electron chi connectivity index (χ1n) is 8.61. The Kier molecular flexibility index (Phi) is 7.71. The molecule has 0 aliphatic heterocycles. The predicted octanol–water partition coefficient (Wildman–Crippen LogP) is 6.39. The van der Waals surface area contributed by atoms with Crippen LogP contribution < -0.4 is 5.32 Å². The molecule has 1 N–H and O–H groups in total. The number of benzene rings is 2. The highest BCUT2D eigenvalue weighted by Crippen LogP contribution is 2.28. The molecule has 0 saturated carbocycles. The van der Waals surface area contributed by atoms with Gasteiger partial charge in [-0.15, -0.1) is 10.2 Å². The lowest BCUT2D eigenvalue weighted by Crippen LogP contribution is -2.17. The summed E-state index contributed by atoms with van der Waals surface area (Å²) in [7, 11) is 0. The van der Waals surface area contributed by atoms with Crippen molar-refractivity contribution < 1.29 is 4.79 Å². The molecular formula is C19H16Cl4N4OS. The summed E-state index contributed by atoms with van der Waals surface area (Å²) < 4.78 is 1.91. The zero-order chi connectivity index (χ0) is 21.0. The average Bonchev–Trinajstić information content (AvgIpc) is 3.05. The minimum atomic E-state index is -0.220. The number of anilines is 1. The lowest BCUT2D eigenvalue weighted by Gasteiger charge is -2.09. The van der Waals surface area contributed by atoms with Crippen LogP contribution >= 0.6 is 58.2 Å². The first kappa shape index (κ1) is 22.2. The third-order valence-electron chi connectivity index (χ3n) is 4.00. The van der Waals surface area contributed by atoms with Crippen molar-refractivity contribution in [2.24, 2.45) is 0 Å². The van der Waals surface area contributed by atoms with Crippen molar-refractivity contribution in [1.29, 1.82) is 0 Å². The number of thioether (sulfide) groups is 1. The maximum atomic E-state index is 12.4. The van der Waals surface area contributed by atoms with Gasteiger partial charge in [-0.1, -0.05) is 64.2 Å². The van der Waals surface area contributed by atoms with Crippen molar-refractivity contribution in [3.8, 4) is 0 Å². The summed E-state index contributed by atoms with van der Waals surface area (Å²) in [5, 5.41) is 13.9. The molecule has 10 heteroatoms. The van der Waals surface area contributed by atoms with Gasteiger partial charge in [-0.05, 0) is 42.8 Å². The van der Waals surface area contributed by atoms with Crippen LogP contribution in [0.1, 0.15) is 18.3 Å². The van der Waals surface area contributed by atoms with Crippen molar-refractivity contribution in [2.75, 3.05) is 5.32 Å². The Bertz CT molecular complexity index is 1040. The summed E-state index contributed by atoms with van der Waals surface area (Å²) in [5.74, 6) is 0.974. The number of carbonyl (C=O) groups excluding carboxylic acids is 1. The Morgan fingerprint density at radius 2 is 1.83 bits per heavy atom. The molecule has 0 unspecified atom stereocenters. The van der Waals surface area contributed by atoms with E-state index in [9.17, 15) is 4.79 Å². The van der Waals surface area contributed by atoms with Gasteiger partial charge in [0.2, 0.25) is 5.91 Å². The van der Waals surface area contributed by atoms with Gasteiger partial charge in [-0.3, -0.25) is 4.79 Å². The molecule has 29 heavy (non-hydrogen) atoms. The molecule has 1 heterocycles. The molecule has 152 valence electrons. The molecule has 5 nitrogen and oxygen atoms in total. The SMILES string of the molecule is CCn1c(CC(=O)Nc2ccc(Cl)c(Cl)c2)nnc1SCc1ccc(Cl)cc1Cl. The fourth-order valence-electron chi connectivity index (χ4n) is 2.58. The number of halogens is 4. The molecule has 0 fully saturated rings. The van der Waals surface area contributed by atoms with E-state index >= 15 is 0 Å². The summed E-state index contributed by atoms with van der Waals surface area (Å²) in [5.41, 5.74) is 1.52. The molecule has 0 spiro atoms. The van der Waals surface area contributed by atoms with E-state index in [1.54, 1.807) is 30.3 Å². The molecular weight excluding hydrogens is 474 g/mol. The van der Waals surface area contributed by atoms with Crippen LogP contribution in [0.15, 0.2) is 41.6 Å². The van der Waals surface area contributed by atoms with Gasteiger partial charge < -0.3 is 9.88 Å². The quantitative estimate of drug-likeness (QED) is 0.391. The largest absolute Gasteiger partial charge is 0.326 e. The van der Waals surface area contributed by atoms with E-state index in [4.69, 9.17) is 46.4 Å². The predicted molar refractivity (Wildman–Crippen MR) is 121 cm³/mol. The second-order valence-electron chi connectivity index (χ2n) is 6.02. The maximum Gasteiger partial charge on any atom is 0.232 e. The van der Waals surface area contributed by atoms with E-state index in [0.717, 1.165) is 10.7 Å². The third kappa shape index (κ3) is 5.80. The van der Waals surface area contributed by atoms with Crippen molar-refractivity contribution in [1.82, 2.24) is 14.8 Å². The van der Waals surface area contributed by atoms with Crippen LogP contribution in [0.5, 0.6) is 0 Å². The van der Waals surface area contributed by atoms with Crippen LogP contribution in [0.3, 0.4) is 0 Å². The molecule has 3 rings (SSSR count). The molecule has 1 amide bonds. The van der Waals surface area contributed by atoms with Crippen LogP contribution in [0.2, 0.25) is 20.1 Å². The van der Waals surface area contributed by atoms with Crippen molar-refractivity contribution in [3.05, 3.63) is 67.9 Å². The van der Waals surface area contributed by atoms with Crippen molar-refractivity contribution >= 4 is 69.8 Å². The Hall–Kier alpha value is -1.44. The van der Waals surface area contributed by atoms with Crippen molar-refractivity contribution in [3.63, 3.8) is 0 Å². The zero-order valence-electron chi connectivity index (χ0n) is 15.3. The number of hydrogen-bond donors (Lipinski definition) is 1. The van der Waals surface area contributed by atoms with Gasteiger partial charge in [0, 0.05) is 28.0 Å². The van der Waals surface area contributed by atoms with E-state index < -0.39 is 0 Å². The molecule has 1 aromatic heterocycles. The van der Waals surface area contributed by atoms with Gasteiger partial charge in [0.1, 0.15) is 5.82 Å². The number of rotatable bonds is 7. The number of aromatic nitrogens is 3. The van der Waals surface area contributed by atoms with Crippen LogP contribution in [-0.4, -0.2) is 20.7 Å². The average molecular weight is 490 g/mol. The second-order valence-corrected chi connectivity index (χ2v) is 8.62. The lowest BCUT2D eigenvalue weighted by atomic mass is 10.2. The summed E-state index contributed by atoms with van der Waals surface area (Å²) >= 11 is 25.5. The van der Waals surface area contributed by atoms with Crippen LogP contribution in [0.25, 0.3) is 0 Å². The molecule has 0 aliphatic carbocycles. The van der Waals surface area contributed by atoms with E-state index in [1.165, 1.54) is 11.8 Å². The van der Waals surface area contributed by atoms with E-state index in [2.05, 4.69) is 15.5 Å². The van der Waals surface area contributed by atoms with E-state index in [-0.39, 0.29) is 12.3 Å². The van der Waals surface area contributed by atoms with E-state index in [1.807, 2.05) is 17.6 Å². The molecule has 0 saturated heterocycles. The topological polar surface area (TPSA) is 59.8 Å². The highest BCUT2D eigenvalue weighted by Gasteiger charge is 2.16. The Balaban J connectivity index is 1.66. The minimum Gasteiger partial charge on any atom is -0.326 e. The van der Waals surface area contributed by atoms with Crippen LogP contribution in [0, 0.1) is 0 Å². The summed E-state index contributed by atoms with van der Waals surface area (Å²) in [4.78, 5) is 12.4. The molecule has 0 aliphatic rings. The van der Waals surface area contributed by atoms with Crippen LogP contribution in [0.4, 0.5) is 5.69 Å². The first-order chi connectivity index (χ1) is 13.9. The lowest BCUT2D eigenvalue weighted by molar-refractivity contribution is -0.115. The highest BCUT2D eigenvalue weighted by atomic mass is 35.5. The van der Waals surface area contributed by atoms with Gasteiger partial charge >= 0.3 is 0 Å². The molecule has 0 bridgehead atoms.